The largest absolute Gasteiger partial charge is 0.358 e. The maximum Gasteiger partial charge on any atom is 0.106 e. The first-order chi connectivity index (χ1) is 9.10. The van der Waals surface area contributed by atoms with E-state index in [-0.39, 0.29) is 0 Å². The predicted molar refractivity (Wildman–Crippen MR) is 74.7 cm³/mol. The van der Waals surface area contributed by atoms with Gasteiger partial charge in [-0.2, -0.15) is 5.26 Å². The van der Waals surface area contributed by atoms with E-state index in [9.17, 15) is 0 Å². The second-order valence-electron chi connectivity index (χ2n) is 4.76. The molecule has 2 aromatic heterocycles. The standard InChI is InChI=1S/C15H14N4/c1-9-12(8-16)7-13(17-9)11-4-5-15-14(6-11)18-10(2)19(15)3/h4-7,17H,1-3H3. The number of fused-ring (bicyclic) bond motifs is 1. The molecule has 0 radical (unpaired) electrons. The van der Waals surface area contributed by atoms with E-state index in [0.717, 1.165) is 33.8 Å². The van der Waals surface area contributed by atoms with Crippen molar-refractivity contribution >= 4 is 11.0 Å². The van der Waals surface area contributed by atoms with Crippen LogP contribution in [-0.4, -0.2) is 14.5 Å². The molecule has 3 rings (SSSR count). The van der Waals surface area contributed by atoms with Gasteiger partial charge in [0.15, 0.2) is 0 Å². The molecule has 4 nitrogen and oxygen atoms in total. The van der Waals surface area contributed by atoms with Crippen LogP contribution in [0.15, 0.2) is 24.3 Å². The normalized spacial score (nSPS) is 10.8. The lowest BCUT2D eigenvalue weighted by molar-refractivity contribution is 0.886. The predicted octanol–water partition coefficient (Wildman–Crippen LogP) is 3.06. The molecule has 0 spiro atoms. The van der Waals surface area contributed by atoms with Crippen molar-refractivity contribution in [3.05, 3.63) is 41.3 Å². The fourth-order valence-corrected chi connectivity index (χ4v) is 2.32. The number of hydrogen-bond donors (Lipinski definition) is 1. The molecule has 0 atom stereocenters. The number of rotatable bonds is 1. The molecule has 4 heteroatoms. The summed E-state index contributed by atoms with van der Waals surface area (Å²) in [6.45, 7) is 3.90. The van der Waals surface area contributed by atoms with Crippen molar-refractivity contribution in [2.24, 2.45) is 7.05 Å². The van der Waals surface area contributed by atoms with Gasteiger partial charge in [-0.05, 0) is 32.0 Å². The first-order valence-corrected chi connectivity index (χ1v) is 6.13. The van der Waals surface area contributed by atoms with Gasteiger partial charge in [-0.25, -0.2) is 4.98 Å². The molecule has 1 aromatic carbocycles. The quantitative estimate of drug-likeness (QED) is 0.721. The molecule has 19 heavy (non-hydrogen) atoms. The zero-order valence-corrected chi connectivity index (χ0v) is 11.2. The van der Waals surface area contributed by atoms with Crippen LogP contribution in [0.2, 0.25) is 0 Å². The lowest BCUT2D eigenvalue weighted by atomic mass is 10.1. The minimum atomic E-state index is 0.687. The number of hydrogen-bond acceptors (Lipinski definition) is 2. The number of nitriles is 1. The highest BCUT2D eigenvalue weighted by Crippen LogP contribution is 2.25. The first-order valence-electron chi connectivity index (χ1n) is 6.13. The van der Waals surface area contributed by atoms with Crippen LogP contribution in [-0.2, 0) is 7.05 Å². The molecule has 0 bridgehead atoms. The van der Waals surface area contributed by atoms with Gasteiger partial charge in [0, 0.05) is 24.0 Å². The van der Waals surface area contributed by atoms with Gasteiger partial charge in [-0.1, -0.05) is 6.07 Å². The zero-order chi connectivity index (χ0) is 13.6. The molecule has 0 saturated carbocycles. The average molecular weight is 250 g/mol. The van der Waals surface area contributed by atoms with Crippen molar-refractivity contribution in [1.29, 1.82) is 5.26 Å². The van der Waals surface area contributed by atoms with Crippen LogP contribution < -0.4 is 0 Å². The molecule has 0 amide bonds. The van der Waals surface area contributed by atoms with E-state index in [0.29, 0.717) is 5.56 Å². The van der Waals surface area contributed by atoms with Crippen LogP contribution in [0.3, 0.4) is 0 Å². The van der Waals surface area contributed by atoms with E-state index in [1.807, 2.05) is 27.0 Å². The summed E-state index contributed by atoms with van der Waals surface area (Å²) in [4.78, 5) is 7.77. The highest BCUT2D eigenvalue weighted by Gasteiger charge is 2.09. The second-order valence-corrected chi connectivity index (χ2v) is 4.76. The number of benzene rings is 1. The highest BCUT2D eigenvalue weighted by molar-refractivity contribution is 5.82. The van der Waals surface area contributed by atoms with E-state index >= 15 is 0 Å². The monoisotopic (exact) mass is 250 g/mol. The number of H-pyrrole nitrogens is 1. The Bertz CT molecular complexity index is 815. The van der Waals surface area contributed by atoms with Crippen LogP contribution in [0.1, 0.15) is 17.1 Å². The van der Waals surface area contributed by atoms with E-state index in [1.165, 1.54) is 0 Å². The van der Waals surface area contributed by atoms with Gasteiger partial charge >= 0.3 is 0 Å². The van der Waals surface area contributed by atoms with Crippen molar-refractivity contribution in [3.63, 3.8) is 0 Å². The Labute approximate surface area is 111 Å². The summed E-state index contributed by atoms with van der Waals surface area (Å²) in [6.07, 6.45) is 0. The molecule has 0 aliphatic carbocycles. The van der Waals surface area contributed by atoms with Crippen molar-refractivity contribution in [2.45, 2.75) is 13.8 Å². The fourth-order valence-electron chi connectivity index (χ4n) is 2.32. The topological polar surface area (TPSA) is 57.4 Å². The summed E-state index contributed by atoms with van der Waals surface area (Å²) in [7, 11) is 2.01. The summed E-state index contributed by atoms with van der Waals surface area (Å²) >= 11 is 0. The number of aromatic amines is 1. The Balaban J connectivity index is 2.17. The van der Waals surface area contributed by atoms with Gasteiger partial charge in [0.05, 0.1) is 16.6 Å². The molecule has 3 aromatic rings. The Morgan fingerprint density at radius 2 is 2.05 bits per heavy atom. The van der Waals surface area contributed by atoms with Crippen LogP contribution >= 0.6 is 0 Å². The van der Waals surface area contributed by atoms with E-state index in [1.54, 1.807) is 0 Å². The molecule has 94 valence electrons. The maximum atomic E-state index is 9.00. The maximum absolute atomic E-state index is 9.00. The number of nitrogens with zero attached hydrogens (tertiary/aromatic N) is 3. The van der Waals surface area contributed by atoms with Gasteiger partial charge in [0.25, 0.3) is 0 Å². The fraction of sp³-hybridized carbons (Fsp3) is 0.200. The summed E-state index contributed by atoms with van der Waals surface area (Å²) < 4.78 is 2.07. The SMILES string of the molecule is Cc1[nH]c(-c2ccc3c(c2)nc(C)n3C)cc1C#N. The molecule has 0 saturated heterocycles. The zero-order valence-electron chi connectivity index (χ0n) is 11.2. The molecule has 0 aliphatic rings. The molecule has 1 N–H and O–H groups in total. The minimum absolute atomic E-state index is 0.687. The lowest BCUT2D eigenvalue weighted by Crippen LogP contribution is -1.89. The van der Waals surface area contributed by atoms with Gasteiger partial charge in [0.2, 0.25) is 0 Å². The summed E-state index contributed by atoms with van der Waals surface area (Å²) in [5.41, 5.74) is 5.69. The third-order valence-electron chi connectivity index (χ3n) is 3.55. The number of imidazole rings is 1. The molecular weight excluding hydrogens is 236 g/mol. The second kappa shape index (κ2) is 3.99. The highest BCUT2D eigenvalue weighted by atomic mass is 15.0. The van der Waals surface area contributed by atoms with Crippen molar-refractivity contribution < 1.29 is 0 Å². The number of nitrogens with one attached hydrogen (secondary N) is 1. The molecule has 2 heterocycles. The lowest BCUT2D eigenvalue weighted by Gasteiger charge is -1.99. The van der Waals surface area contributed by atoms with Gasteiger partial charge < -0.3 is 9.55 Å². The van der Waals surface area contributed by atoms with Crippen LogP contribution in [0.5, 0.6) is 0 Å². The van der Waals surface area contributed by atoms with Crippen molar-refractivity contribution in [3.8, 4) is 17.3 Å². The molecule has 0 unspecified atom stereocenters. The Hall–Kier alpha value is -2.54. The van der Waals surface area contributed by atoms with Gasteiger partial charge in [-0.3, -0.25) is 0 Å². The van der Waals surface area contributed by atoms with Crippen LogP contribution in [0.25, 0.3) is 22.3 Å². The van der Waals surface area contributed by atoms with Crippen LogP contribution in [0, 0.1) is 25.2 Å². The first kappa shape index (κ1) is 11.5. The van der Waals surface area contributed by atoms with Crippen molar-refractivity contribution in [2.75, 3.05) is 0 Å². The number of aryl methyl sites for hydroxylation is 3. The van der Waals surface area contributed by atoms with Crippen LogP contribution in [0.4, 0.5) is 0 Å². The number of aromatic nitrogens is 3. The average Bonchev–Trinajstić information content (AvgIpc) is 2.91. The Kier molecular flexibility index (Phi) is 2.42. The van der Waals surface area contributed by atoms with E-state index in [4.69, 9.17) is 5.26 Å². The molecule has 0 aliphatic heterocycles. The third-order valence-corrected chi connectivity index (χ3v) is 3.55. The smallest absolute Gasteiger partial charge is 0.106 e. The van der Waals surface area contributed by atoms with Gasteiger partial charge in [0.1, 0.15) is 11.9 Å². The Morgan fingerprint density at radius 1 is 1.26 bits per heavy atom. The summed E-state index contributed by atoms with van der Waals surface area (Å²) in [6, 6.07) is 10.2. The van der Waals surface area contributed by atoms with Crippen molar-refractivity contribution in [1.82, 2.24) is 14.5 Å². The summed E-state index contributed by atoms with van der Waals surface area (Å²) in [5, 5.41) is 9.00. The third kappa shape index (κ3) is 1.71. The molecule has 0 fully saturated rings. The molecular formula is C15H14N4. The minimum Gasteiger partial charge on any atom is -0.358 e. The van der Waals surface area contributed by atoms with Gasteiger partial charge in [-0.15, -0.1) is 0 Å². The summed E-state index contributed by atoms with van der Waals surface area (Å²) in [5.74, 6) is 0.993. The Morgan fingerprint density at radius 3 is 2.74 bits per heavy atom. The van der Waals surface area contributed by atoms with E-state index in [2.05, 4.69) is 38.8 Å². The van der Waals surface area contributed by atoms with E-state index < -0.39 is 0 Å².